The van der Waals surface area contributed by atoms with Crippen molar-refractivity contribution < 1.29 is 13.2 Å². The van der Waals surface area contributed by atoms with Gasteiger partial charge in [-0.15, -0.1) is 0 Å². The normalized spacial score (nSPS) is 29.8. The lowest BCUT2D eigenvalue weighted by molar-refractivity contribution is -0.128. The molecule has 2 aliphatic carbocycles. The van der Waals surface area contributed by atoms with Gasteiger partial charge in [0, 0.05) is 12.1 Å². The maximum atomic E-state index is 12.6. The van der Waals surface area contributed by atoms with Crippen LogP contribution in [0, 0.1) is 23.7 Å². The second kappa shape index (κ2) is 4.82. The van der Waals surface area contributed by atoms with Crippen LogP contribution in [0.15, 0.2) is 24.3 Å². The minimum absolute atomic E-state index is 0.101. The van der Waals surface area contributed by atoms with E-state index in [9.17, 15) is 13.2 Å². The summed E-state index contributed by atoms with van der Waals surface area (Å²) in [6.45, 7) is 6.06. The first-order chi connectivity index (χ1) is 10.2. The predicted octanol–water partition coefficient (Wildman–Crippen LogP) is 3.13. The van der Waals surface area contributed by atoms with E-state index in [2.05, 4.69) is 18.6 Å². The average molecular weight is 321 g/mol. The molecule has 1 aromatic rings. The molecule has 0 unspecified atom stereocenters. The molecule has 0 aromatic heterocycles. The maximum absolute atomic E-state index is 12.6. The molecule has 22 heavy (non-hydrogen) atoms. The zero-order valence-electron chi connectivity index (χ0n) is 13.3. The van der Waals surface area contributed by atoms with Crippen molar-refractivity contribution in [3.05, 3.63) is 29.8 Å². The van der Waals surface area contributed by atoms with Crippen LogP contribution in [-0.4, -0.2) is 20.0 Å². The molecule has 2 aliphatic rings. The summed E-state index contributed by atoms with van der Waals surface area (Å²) < 4.78 is 27.8. The van der Waals surface area contributed by atoms with Crippen LogP contribution in [0.1, 0.15) is 38.7 Å². The lowest BCUT2D eigenvalue weighted by Gasteiger charge is -2.36. The lowest BCUT2D eigenvalue weighted by Crippen LogP contribution is -2.43. The highest BCUT2D eigenvalue weighted by molar-refractivity contribution is 7.92. The van der Waals surface area contributed by atoms with Crippen molar-refractivity contribution in [3.8, 4) is 0 Å². The molecule has 120 valence electrons. The van der Waals surface area contributed by atoms with Gasteiger partial charge in [-0.2, -0.15) is 0 Å². The third-order valence-electron chi connectivity index (χ3n) is 5.90. The van der Waals surface area contributed by atoms with Crippen LogP contribution in [-0.2, 0) is 14.8 Å². The number of aryl methyl sites for hydroxylation is 1. The van der Waals surface area contributed by atoms with Crippen LogP contribution in [0.25, 0.3) is 0 Å². The Bertz CT molecular complexity index is 706. The van der Waals surface area contributed by atoms with E-state index in [-0.39, 0.29) is 17.0 Å². The van der Waals surface area contributed by atoms with Crippen molar-refractivity contribution in [1.29, 1.82) is 0 Å². The van der Waals surface area contributed by atoms with Crippen LogP contribution >= 0.6 is 0 Å². The average Bonchev–Trinajstić information content (AvgIpc) is 2.74. The van der Waals surface area contributed by atoms with E-state index in [1.54, 1.807) is 12.1 Å². The Morgan fingerprint density at radius 1 is 1.23 bits per heavy atom. The van der Waals surface area contributed by atoms with Gasteiger partial charge in [0.15, 0.2) is 0 Å². The minimum atomic E-state index is -3.55. The first kappa shape index (κ1) is 15.5. The Labute approximate surface area is 132 Å². The highest BCUT2D eigenvalue weighted by atomic mass is 32.2. The number of rotatable bonds is 4. The van der Waals surface area contributed by atoms with Gasteiger partial charge in [0.2, 0.25) is 10.0 Å². The van der Waals surface area contributed by atoms with Crippen molar-refractivity contribution in [1.82, 2.24) is 0 Å². The summed E-state index contributed by atoms with van der Waals surface area (Å²) in [6, 6.07) is 7.24. The smallest absolute Gasteiger partial charge is 0.233 e. The molecule has 2 atom stereocenters. The van der Waals surface area contributed by atoms with Gasteiger partial charge in [-0.3, -0.25) is 9.52 Å². The second-order valence-corrected chi connectivity index (χ2v) is 9.12. The molecule has 0 heterocycles. The number of Topliss-reactive ketones (excluding diaryl/α,β-unsaturated/α-hetero) is 1. The Kier molecular flexibility index (Phi) is 3.40. The van der Waals surface area contributed by atoms with Crippen LogP contribution in [0.2, 0.25) is 0 Å². The van der Waals surface area contributed by atoms with E-state index in [1.807, 2.05) is 19.1 Å². The Balaban J connectivity index is 1.85. The summed E-state index contributed by atoms with van der Waals surface area (Å²) in [6.07, 6.45) is 2.18. The van der Waals surface area contributed by atoms with Gasteiger partial charge in [0.05, 0.1) is 11.2 Å². The minimum Gasteiger partial charge on any atom is -0.299 e. The fourth-order valence-electron chi connectivity index (χ4n) is 4.27. The quantitative estimate of drug-likeness (QED) is 0.926. The van der Waals surface area contributed by atoms with Gasteiger partial charge < -0.3 is 0 Å². The summed E-state index contributed by atoms with van der Waals surface area (Å²) in [5, 5.41) is 0. The topological polar surface area (TPSA) is 63.2 Å². The molecule has 1 N–H and O–H groups in total. The van der Waals surface area contributed by atoms with E-state index < -0.39 is 15.4 Å². The zero-order chi connectivity index (χ0) is 16.2. The number of anilines is 1. The number of sulfonamides is 1. The Morgan fingerprint density at radius 2 is 1.86 bits per heavy atom. The van der Waals surface area contributed by atoms with Gasteiger partial charge in [-0.1, -0.05) is 31.5 Å². The molecule has 0 radical (unpaired) electrons. The molecular formula is C17H23NO3S. The lowest BCUT2D eigenvalue weighted by atomic mass is 9.70. The van der Waals surface area contributed by atoms with E-state index >= 15 is 0 Å². The molecule has 3 rings (SSSR count). The van der Waals surface area contributed by atoms with Crippen molar-refractivity contribution in [2.75, 3.05) is 10.5 Å². The number of fused-ring (bicyclic) bond motifs is 2. The van der Waals surface area contributed by atoms with Crippen LogP contribution in [0.3, 0.4) is 0 Å². The number of nitrogens with one attached hydrogen (secondary N) is 1. The molecule has 2 fully saturated rings. The number of ketones is 1. The highest BCUT2D eigenvalue weighted by Crippen LogP contribution is 2.64. The van der Waals surface area contributed by atoms with E-state index in [4.69, 9.17) is 0 Å². The SMILES string of the molecule is Cc1ccc(NS(=O)(=O)C[C@@]23CC[C@H](CC2=O)C3(C)C)cc1. The number of carbonyl (C=O) groups is 1. The number of carbonyl (C=O) groups excluding carboxylic acids is 1. The Morgan fingerprint density at radius 3 is 2.36 bits per heavy atom. The van der Waals surface area contributed by atoms with Crippen LogP contribution in [0.4, 0.5) is 5.69 Å². The standard InChI is InChI=1S/C17H23NO3S/c1-12-4-6-14(7-5-12)18-22(20,21)11-17-9-8-13(10-15(17)19)16(17,2)3/h4-7,13,18H,8-11H2,1-3H3/t13-,17+/m1/s1. The van der Waals surface area contributed by atoms with Crippen molar-refractivity contribution in [3.63, 3.8) is 0 Å². The molecule has 0 aliphatic heterocycles. The Hall–Kier alpha value is -1.36. The van der Waals surface area contributed by atoms with E-state index in [1.165, 1.54) is 0 Å². The number of hydrogen-bond donors (Lipinski definition) is 1. The number of hydrogen-bond acceptors (Lipinski definition) is 3. The van der Waals surface area contributed by atoms with Crippen LogP contribution in [0.5, 0.6) is 0 Å². The fourth-order valence-corrected chi connectivity index (χ4v) is 6.16. The fraction of sp³-hybridized carbons (Fsp3) is 0.588. The molecule has 0 amide bonds. The van der Waals surface area contributed by atoms with E-state index in [0.717, 1.165) is 12.0 Å². The molecule has 0 spiro atoms. The number of benzene rings is 1. The van der Waals surface area contributed by atoms with Crippen molar-refractivity contribution in [2.24, 2.45) is 16.7 Å². The molecular weight excluding hydrogens is 298 g/mol. The molecule has 4 nitrogen and oxygen atoms in total. The first-order valence-corrected chi connectivity index (χ1v) is 9.42. The zero-order valence-corrected chi connectivity index (χ0v) is 14.2. The molecule has 5 heteroatoms. The summed E-state index contributed by atoms with van der Waals surface area (Å²) in [5.74, 6) is 0.355. The summed E-state index contributed by atoms with van der Waals surface area (Å²) >= 11 is 0. The molecule has 0 saturated heterocycles. The molecule has 1 aromatic carbocycles. The van der Waals surface area contributed by atoms with Gasteiger partial charge in [-0.25, -0.2) is 8.42 Å². The third kappa shape index (κ3) is 2.26. The van der Waals surface area contributed by atoms with Crippen LogP contribution < -0.4 is 4.72 Å². The first-order valence-electron chi connectivity index (χ1n) is 7.77. The predicted molar refractivity (Wildman–Crippen MR) is 87.2 cm³/mol. The largest absolute Gasteiger partial charge is 0.299 e. The van der Waals surface area contributed by atoms with Crippen molar-refractivity contribution >= 4 is 21.5 Å². The highest BCUT2D eigenvalue weighted by Gasteiger charge is 2.65. The summed E-state index contributed by atoms with van der Waals surface area (Å²) in [4.78, 5) is 12.5. The summed E-state index contributed by atoms with van der Waals surface area (Å²) in [7, 11) is -3.55. The maximum Gasteiger partial charge on any atom is 0.233 e. The summed E-state index contributed by atoms with van der Waals surface area (Å²) in [5.41, 5.74) is 0.687. The van der Waals surface area contributed by atoms with Gasteiger partial charge in [0.25, 0.3) is 0 Å². The second-order valence-electron chi connectivity index (χ2n) is 7.39. The monoisotopic (exact) mass is 321 g/mol. The van der Waals surface area contributed by atoms with Crippen molar-refractivity contribution in [2.45, 2.75) is 40.0 Å². The third-order valence-corrected chi connectivity index (χ3v) is 7.32. The van der Waals surface area contributed by atoms with Gasteiger partial charge >= 0.3 is 0 Å². The molecule has 2 saturated carbocycles. The van der Waals surface area contributed by atoms with Gasteiger partial charge in [-0.05, 0) is 43.2 Å². The van der Waals surface area contributed by atoms with Gasteiger partial charge in [0.1, 0.15) is 5.78 Å². The molecule has 2 bridgehead atoms. The van der Waals surface area contributed by atoms with E-state index in [0.29, 0.717) is 24.4 Å².